The SMILES string of the molecule is C#CCCCNC(=O)CC(C)C(C)(C)C. The number of hydrogen-bond acceptors (Lipinski definition) is 1. The van der Waals surface area contributed by atoms with Crippen molar-refractivity contribution in [1.82, 2.24) is 5.32 Å². The number of hydrogen-bond donors (Lipinski definition) is 1. The fourth-order valence-corrected chi connectivity index (χ4v) is 1.07. The van der Waals surface area contributed by atoms with E-state index in [-0.39, 0.29) is 11.3 Å². The van der Waals surface area contributed by atoms with E-state index in [0.717, 1.165) is 12.8 Å². The molecule has 1 N–H and O–H groups in total. The average molecular weight is 209 g/mol. The van der Waals surface area contributed by atoms with Gasteiger partial charge in [0, 0.05) is 19.4 Å². The Morgan fingerprint density at radius 1 is 1.47 bits per heavy atom. The van der Waals surface area contributed by atoms with E-state index in [1.54, 1.807) is 0 Å². The molecule has 0 aliphatic heterocycles. The zero-order valence-electron chi connectivity index (χ0n) is 10.4. The highest BCUT2D eigenvalue weighted by Crippen LogP contribution is 2.27. The second-order valence-electron chi connectivity index (χ2n) is 5.13. The minimum absolute atomic E-state index is 0.134. The Morgan fingerprint density at radius 2 is 2.07 bits per heavy atom. The maximum absolute atomic E-state index is 11.5. The second-order valence-corrected chi connectivity index (χ2v) is 5.13. The van der Waals surface area contributed by atoms with Gasteiger partial charge in [-0.2, -0.15) is 0 Å². The highest BCUT2D eigenvalue weighted by atomic mass is 16.1. The van der Waals surface area contributed by atoms with E-state index in [0.29, 0.717) is 18.9 Å². The van der Waals surface area contributed by atoms with E-state index in [1.165, 1.54) is 0 Å². The van der Waals surface area contributed by atoms with Crippen LogP contribution in [0.5, 0.6) is 0 Å². The van der Waals surface area contributed by atoms with Crippen molar-refractivity contribution in [2.24, 2.45) is 11.3 Å². The summed E-state index contributed by atoms with van der Waals surface area (Å²) in [5, 5.41) is 2.89. The van der Waals surface area contributed by atoms with E-state index in [9.17, 15) is 4.79 Å². The number of rotatable bonds is 5. The molecule has 86 valence electrons. The molecule has 0 radical (unpaired) electrons. The van der Waals surface area contributed by atoms with Gasteiger partial charge in [-0.3, -0.25) is 4.79 Å². The summed E-state index contributed by atoms with van der Waals surface area (Å²) < 4.78 is 0. The molecule has 0 bridgehead atoms. The Labute approximate surface area is 93.8 Å². The van der Waals surface area contributed by atoms with E-state index in [1.807, 2.05) is 0 Å². The molecule has 15 heavy (non-hydrogen) atoms. The summed E-state index contributed by atoms with van der Waals surface area (Å²) in [6.07, 6.45) is 7.32. The average Bonchev–Trinajstić information content (AvgIpc) is 2.11. The lowest BCUT2D eigenvalue weighted by Crippen LogP contribution is -2.29. The van der Waals surface area contributed by atoms with Crippen LogP contribution in [0.4, 0.5) is 0 Å². The minimum Gasteiger partial charge on any atom is -0.356 e. The molecule has 1 amide bonds. The first-order chi connectivity index (χ1) is 6.88. The van der Waals surface area contributed by atoms with Gasteiger partial charge in [0.05, 0.1) is 0 Å². The third-order valence-electron chi connectivity index (χ3n) is 2.79. The molecular weight excluding hydrogens is 186 g/mol. The Balaban J connectivity index is 3.71. The zero-order chi connectivity index (χ0) is 11.9. The maximum atomic E-state index is 11.5. The van der Waals surface area contributed by atoms with E-state index in [2.05, 4.69) is 38.9 Å². The van der Waals surface area contributed by atoms with Gasteiger partial charge < -0.3 is 5.32 Å². The summed E-state index contributed by atoms with van der Waals surface area (Å²) in [6.45, 7) is 9.27. The highest BCUT2D eigenvalue weighted by molar-refractivity contribution is 5.76. The van der Waals surface area contributed by atoms with Gasteiger partial charge in [0.1, 0.15) is 0 Å². The van der Waals surface area contributed by atoms with Crippen molar-refractivity contribution in [1.29, 1.82) is 0 Å². The Kier molecular flexibility index (Phi) is 6.08. The number of amides is 1. The number of nitrogens with one attached hydrogen (secondary N) is 1. The molecule has 0 aromatic rings. The van der Waals surface area contributed by atoms with Crippen molar-refractivity contribution >= 4 is 5.91 Å². The summed E-state index contributed by atoms with van der Waals surface area (Å²) in [5.74, 6) is 3.08. The first-order valence-electron chi connectivity index (χ1n) is 5.58. The molecule has 0 spiro atoms. The minimum atomic E-state index is 0.134. The van der Waals surface area contributed by atoms with Crippen LogP contribution in [0.2, 0.25) is 0 Å². The molecule has 0 saturated carbocycles. The van der Waals surface area contributed by atoms with Gasteiger partial charge in [0.15, 0.2) is 0 Å². The standard InChI is InChI=1S/C13H23NO/c1-6-7-8-9-14-12(15)10-11(2)13(3,4)5/h1,11H,7-10H2,2-5H3,(H,14,15). The lowest BCUT2D eigenvalue weighted by molar-refractivity contribution is -0.122. The van der Waals surface area contributed by atoms with Crippen molar-refractivity contribution in [3.63, 3.8) is 0 Å². The summed E-state index contributed by atoms with van der Waals surface area (Å²) in [4.78, 5) is 11.5. The molecule has 2 heteroatoms. The van der Waals surface area contributed by atoms with Crippen molar-refractivity contribution in [3.05, 3.63) is 0 Å². The quantitative estimate of drug-likeness (QED) is 0.547. The van der Waals surface area contributed by atoms with Crippen LogP contribution in [0.1, 0.15) is 47.0 Å². The largest absolute Gasteiger partial charge is 0.356 e. The van der Waals surface area contributed by atoms with Gasteiger partial charge in [-0.15, -0.1) is 12.3 Å². The van der Waals surface area contributed by atoms with Crippen molar-refractivity contribution in [3.8, 4) is 12.3 Å². The lowest BCUT2D eigenvalue weighted by Gasteiger charge is -2.26. The topological polar surface area (TPSA) is 29.1 Å². The molecule has 0 aliphatic rings. The molecule has 0 aromatic carbocycles. The summed E-state index contributed by atoms with van der Waals surface area (Å²) in [7, 11) is 0. The van der Waals surface area contributed by atoms with Gasteiger partial charge in [0.2, 0.25) is 5.91 Å². The predicted molar refractivity (Wildman–Crippen MR) is 64.3 cm³/mol. The highest BCUT2D eigenvalue weighted by Gasteiger charge is 2.22. The van der Waals surface area contributed by atoms with Crippen LogP contribution in [-0.4, -0.2) is 12.5 Å². The van der Waals surface area contributed by atoms with Crippen LogP contribution in [-0.2, 0) is 4.79 Å². The Morgan fingerprint density at radius 3 is 2.53 bits per heavy atom. The number of carbonyl (C=O) groups excluding carboxylic acids is 1. The van der Waals surface area contributed by atoms with E-state index in [4.69, 9.17) is 6.42 Å². The van der Waals surface area contributed by atoms with Crippen molar-refractivity contribution in [2.75, 3.05) is 6.54 Å². The number of unbranched alkanes of at least 4 members (excludes halogenated alkanes) is 1. The predicted octanol–water partition coefficient (Wildman–Crippen LogP) is 2.59. The maximum Gasteiger partial charge on any atom is 0.220 e. The first-order valence-corrected chi connectivity index (χ1v) is 5.58. The monoisotopic (exact) mass is 209 g/mol. The lowest BCUT2D eigenvalue weighted by atomic mass is 9.80. The molecule has 0 heterocycles. The van der Waals surface area contributed by atoms with Crippen molar-refractivity contribution < 1.29 is 4.79 Å². The molecule has 0 saturated heterocycles. The van der Waals surface area contributed by atoms with E-state index >= 15 is 0 Å². The normalized spacial score (nSPS) is 13.0. The van der Waals surface area contributed by atoms with Crippen LogP contribution in [0.3, 0.4) is 0 Å². The van der Waals surface area contributed by atoms with Crippen LogP contribution in [0.25, 0.3) is 0 Å². The third kappa shape index (κ3) is 7.02. The summed E-state index contributed by atoms with van der Waals surface area (Å²) >= 11 is 0. The molecule has 1 unspecified atom stereocenters. The fraction of sp³-hybridized carbons (Fsp3) is 0.769. The smallest absolute Gasteiger partial charge is 0.220 e. The van der Waals surface area contributed by atoms with Crippen molar-refractivity contribution in [2.45, 2.75) is 47.0 Å². The van der Waals surface area contributed by atoms with Crippen LogP contribution < -0.4 is 5.32 Å². The van der Waals surface area contributed by atoms with E-state index < -0.39 is 0 Å². The van der Waals surface area contributed by atoms with Crippen LogP contribution in [0, 0.1) is 23.7 Å². The molecule has 0 rings (SSSR count). The Bertz CT molecular complexity index is 232. The van der Waals surface area contributed by atoms with Crippen LogP contribution >= 0.6 is 0 Å². The van der Waals surface area contributed by atoms with Crippen LogP contribution in [0.15, 0.2) is 0 Å². The van der Waals surface area contributed by atoms with Gasteiger partial charge in [-0.1, -0.05) is 27.7 Å². The Hall–Kier alpha value is -0.970. The summed E-state index contributed by atoms with van der Waals surface area (Å²) in [5.41, 5.74) is 0.191. The van der Waals surface area contributed by atoms with Gasteiger partial charge >= 0.3 is 0 Å². The molecule has 0 aliphatic carbocycles. The van der Waals surface area contributed by atoms with Gasteiger partial charge in [-0.05, 0) is 17.8 Å². The molecular formula is C13H23NO. The number of carbonyl (C=O) groups is 1. The summed E-state index contributed by atoms with van der Waals surface area (Å²) in [6, 6.07) is 0. The van der Waals surface area contributed by atoms with Gasteiger partial charge in [-0.25, -0.2) is 0 Å². The fourth-order valence-electron chi connectivity index (χ4n) is 1.07. The number of terminal acetylenes is 1. The zero-order valence-corrected chi connectivity index (χ0v) is 10.4. The first kappa shape index (κ1) is 14.0. The molecule has 1 atom stereocenters. The second kappa shape index (κ2) is 6.50. The third-order valence-corrected chi connectivity index (χ3v) is 2.79. The molecule has 0 fully saturated rings. The molecule has 2 nitrogen and oxygen atoms in total. The molecule has 0 aromatic heterocycles. The van der Waals surface area contributed by atoms with Gasteiger partial charge in [0.25, 0.3) is 0 Å².